The first kappa shape index (κ1) is 15.9. The molecule has 0 bridgehead atoms. The van der Waals surface area contributed by atoms with Crippen LogP contribution in [0, 0.1) is 0 Å². The number of alkyl halides is 5. The molecular formula is C10H8F5NO4. The largest absolute Gasteiger partial charge is 0.573 e. The van der Waals surface area contributed by atoms with Crippen LogP contribution in [0.15, 0.2) is 6.20 Å². The summed E-state index contributed by atoms with van der Waals surface area (Å²) in [6.07, 6.45) is -7.92. The lowest BCUT2D eigenvalue weighted by molar-refractivity contribution is -0.275. The van der Waals surface area contributed by atoms with Crippen LogP contribution in [0.3, 0.4) is 0 Å². The third-order valence-electron chi connectivity index (χ3n) is 2.05. The Morgan fingerprint density at radius 3 is 2.30 bits per heavy atom. The molecule has 10 heteroatoms. The molecule has 112 valence electrons. The Hall–Kier alpha value is -2.13. The van der Waals surface area contributed by atoms with Crippen molar-refractivity contribution >= 4 is 5.97 Å². The van der Waals surface area contributed by atoms with Crippen LogP contribution in [-0.2, 0) is 4.74 Å². The van der Waals surface area contributed by atoms with Gasteiger partial charge in [-0.15, -0.1) is 13.2 Å². The van der Waals surface area contributed by atoms with E-state index in [-0.39, 0.29) is 0 Å². The summed E-state index contributed by atoms with van der Waals surface area (Å²) in [5, 5.41) is 0. The number of methoxy groups -OCH3 is 2. The lowest BCUT2D eigenvalue weighted by Gasteiger charge is -2.16. The standard InChI is InChI=1S/C10H8F5NO4/c1-18-7-4(20-10(13,14)15)3-16-6(8(11)12)5(7)9(17)19-2/h3,8H,1-2H3. The number of hydrogen-bond donors (Lipinski definition) is 0. The maximum absolute atomic E-state index is 12.7. The highest BCUT2D eigenvalue weighted by molar-refractivity contribution is 5.94. The van der Waals surface area contributed by atoms with Gasteiger partial charge in [-0.2, -0.15) is 0 Å². The lowest BCUT2D eigenvalue weighted by atomic mass is 10.1. The summed E-state index contributed by atoms with van der Waals surface area (Å²) in [5.74, 6) is -3.18. The number of rotatable bonds is 4. The number of hydrogen-bond acceptors (Lipinski definition) is 5. The van der Waals surface area contributed by atoms with Crippen molar-refractivity contribution in [2.24, 2.45) is 0 Å². The van der Waals surface area contributed by atoms with E-state index in [1.165, 1.54) is 0 Å². The van der Waals surface area contributed by atoms with Gasteiger partial charge in [0.1, 0.15) is 11.3 Å². The maximum atomic E-state index is 12.7. The first-order valence-corrected chi connectivity index (χ1v) is 4.90. The van der Waals surface area contributed by atoms with Crippen molar-refractivity contribution in [1.82, 2.24) is 4.98 Å². The normalized spacial score (nSPS) is 11.4. The van der Waals surface area contributed by atoms with Gasteiger partial charge in [0.05, 0.1) is 20.4 Å². The summed E-state index contributed by atoms with van der Waals surface area (Å²) in [7, 11) is 1.76. The van der Waals surface area contributed by atoms with Crippen LogP contribution >= 0.6 is 0 Å². The van der Waals surface area contributed by atoms with Crippen LogP contribution in [-0.4, -0.2) is 31.5 Å². The van der Waals surface area contributed by atoms with E-state index < -0.39 is 41.5 Å². The third-order valence-corrected chi connectivity index (χ3v) is 2.05. The first-order chi connectivity index (χ1) is 9.21. The lowest BCUT2D eigenvalue weighted by Crippen LogP contribution is -2.19. The summed E-state index contributed by atoms with van der Waals surface area (Å²) in [6, 6.07) is 0. The fourth-order valence-corrected chi connectivity index (χ4v) is 1.36. The SMILES string of the molecule is COC(=O)c1c(C(F)F)ncc(OC(F)(F)F)c1OC. The molecule has 0 aliphatic carbocycles. The molecule has 0 saturated heterocycles. The monoisotopic (exact) mass is 301 g/mol. The van der Waals surface area contributed by atoms with E-state index in [0.717, 1.165) is 14.2 Å². The molecule has 1 aromatic heterocycles. The molecule has 1 heterocycles. The Morgan fingerprint density at radius 1 is 1.30 bits per heavy atom. The van der Waals surface area contributed by atoms with Crippen LogP contribution in [0.5, 0.6) is 11.5 Å². The molecule has 0 unspecified atom stereocenters. The summed E-state index contributed by atoms with van der Waals surface area (Å²) < 4.78 is 74.2. The van der Waals surface area contributed by atoms with E-state index in [4.69, 9.17) is 0 Å². The molecule has 0 aliphatic rings. The Labute approximate surface area is 109 Å². The van der Waals surface area contributed by atoms with Gasteiger partial charge in [0, 0.05) is 0 Å². The van der Waals surface area contributed by atoms with Crippen molar-refractivity contribution in [2.45, 2.75) is 12.8 Å². The van der Waals surface area contributed by atoms with Crippen LogP contribution in [0.1, 0.15) is 22.5 Å². The highest BCUT2D eigenvalue weighted by atomic mass is 19.4. The average molecular weight is 301 g/mol. The van der Waals surface area contributed by atoms with Gasteiger partial charge in [0.25, 0.3) is 6.43 Å². The van der Waals surface area contributed by atoms with Gasteiger partial charge < -0.3 is 14.2 Å². The van der Waals surface area contributed by atoms with Crippen LogP contribution in [0.2, 0.25) is 0 Å². The molecule has 0 spiro atoms. The molecule has 0 radical (unpaired) electrons. The average Bonchev–Trinajstić information content (AvgIpc) is 2.34. The second-order valence-electron chi connectivity index (χ2n) is 3.26. The minimum Gasteiger partial charge on any atom is -0.492 e. The number of nitrogens with zero attached hydrogens (tertiary/aromatic N) is 1. The molecule has 20 heavy (non-hydrogen) atoms. The van der Waals surface area contributed by atoms with Crippen molar-refractivity contribution in [3.8, 4) is 11.5 Å². The fourth-order valence-electron chi connectivity index (χ4n) is 1.36. The van der Waals surface area contributed by atoms with E-state index >= 15 is 0 Å². The molecule has 0 saturated carbocycles. The summed E-state index contributed by atoms with van der Waals surface area (Å²) in [5.41, 5.74) is -1.99. The van der Waals surface area contributed by atoms with Gasteiger partial charge >= 0.3 is 12.3 Å². The number of halogens is 5. The van der Waals surface area contributed by atoms with Crippen molar-refractivity contribution in [3.63, 3.8) is 0 Å². The van der Waals surface area contributed by atoms with E-state index in [1.807, 2.05) is 0 Å². The molecular weight excluding hydrogens is 293 g/mol. The number of ether oxygens (including phenoxy) is 3. The zero-order valence-corrected chi connectivity index (χ0v) is 10.1. The Kier molecular flexibility index (Phi) is 4.69. The molecule has 5 nitrogen and oxygen atoms in total. The molecule has 0 amide bonds. The van der Waals surface area contributed by atoms with Crippen molar-refractivity contribution in [1.29, 1.82) is 0 Å². The number of pyridine rings is 1. The highest BCUT2D eigenvalue weighted by Crippen LogP contribution is 2.38. The van der Waals surface area contributed by atoms with E-state index in [1.54, 1.807) is 0 Å². The van der Waals surface area contributed by atoms with Crippen LogP contribution in [0.4, 0.5) is 22.0 Å². The fraction of sp³-hybridized carbons (Fsp3) is 0.400. The minimum atomic E-state index is -5.10. The predicted molar refractivity (Wildman–Crippen MR) is 53.8 cm³/mol. The smallest absolute Gasteiger partial charge is 0.492 e. The molecule has 0 fully saturated rings. The number of carbonyl (C=O) groups is 1. The van der Waals surface area contributed by atoms with Gasteiger partial charge in [-0.1, -0.05) is 0 Å². The van der Waals surface area contributed by atoms with Crippen molar-refractivity contribution in [3.05, 3.63) is 17.5 Å². The van der Waals surface area contributed by atoms with Gasteiger partial charge in [0.15, 0.2) is 11.5 Å². The summed E-state index contributed by atoms with van der Waals surface area (Å²) >= 11 is 0. The second-order valence-corrected chi connectivity index (χ2v) is 3.26. The quantitative estimate of drug-likeness (QED) is 0.632. The van der Waals surface area contributed by atoms with Crippen molar-refractivity contribution in [2.75, 3.05) is 14.2 Å². The van der Waals surface area contributed by atoms with Gasteiger partial charge in [0.2, 0.25) is 0 Å². The predicted octanol–water partition coefficient (Wildman–Crippen LogP) is 2.71. The summed E-state index contributed by atoms with van der Waals surface area (Å²) in [6.45, 7) is 0. The molecule has 1 rings (SSSR count). The molecule has 0 N–H and O–H groups in total. The van der Waals surface area contributed by atoms with E-state index in [2.05, 4.69) is 19.2 Å². The van der Waals surface area contributed by atoms with Gasteiger partial charge in [-0.25, -0.2) is 13.6 Å². The number of aromatic nitrogens is 1. The highest BCUT2D eigenvalue weighted by Gasteiger charge is 2.36. The zero-order valence-electron chi connectivity index (χ0n) is 10.1. The van der Waals surface area contributed by atoms with Gasteiger partial charge in [-0.05, 0) is 0 Å². The minimum absolute atomic E-state index is 0.389. The summed E-state index contributed by atoms with van der Waals surface area (Å²) in [4.78, 5) is 14.5. The molecule has 0 atom stereocenters. The molecule has 1 aromatic rings. The topological polar surface area (TPSA) is 57.7 Å². The van der Waals surface area contributed by atoms with Crippen LogP contribution in [0.25, 0.3) is 0 Å². The number of carbonyl (C=O) groups excluding carboxylic acids is 1. The first-order valence-electron chi connectivity index (χ1n) is 4.90. The van der Waals surface area contributed by atoms with E-state index in [0.29, 0.717) is 6.20 Å². The van der Waals surface area contributed by atoms with Gasteiger partial charge in [-0.3, -0.25) is 4.98 Å². The number of esters is 1. The zero-order chi connectivity index (χ0) is 15.5. The Bertz CT molecular complexity index is 503. The second kappa shape index (κ2) is 5.88. The maximum Gasteiger partial charge on any atom is 0.573 e. The Morgan fingerprint density at radius 2 is 1.90 bits per heavy atom. The van der Waals surface area contributed by atoms with E-state index in [9.17, 15) is 26.7 Å². The van der Waals surface area contributed by atoms with Crippen LogP contribution < -0.4 is 9.47 Å². The molecule has 0 aliphatic heterocycles. The van der Waals surface area contributed by atoms with Crippen molar-refractivity contribution < 1.29 is 41.0 Å². The Balaban J connectivity index is 3.48. The molecule has 0 aromatic carbocycles. The third kappa shape index (κ3) is 3.45.